The average molecular weight is 567 g/mol. The molecule has 0 radical (unpaired) electrons. The first kappa shape index (κ1) is 25.3. The summed E-state index contributed by atoms with van der Waals surface area (Å²) in [6.07, 6.45) is 0. The maximum Gasteiger partial charge on any atom is 0.160 e. The van der Waals surface area contributed by atoms with Crippen molar-refractivity contribution < 1.29 is 0 Å². The molecule has 0 bridgehead atoms. The number of thiophene rings is 1. The highest BCUT2D eigenvalue weighted by Crippen LogP contribution is 2.39. The Labute approximate surface area is 254 Å². The molecule has 0 aliphatic carbocycles. The van der Waals surface area contributed by atoms with Gasteiger partial charge in [-0.2, -0.15) is 0 Å². The van der Waals surface area contributed by atoms with E-state index in [1.807, 2.05) is 35.6 Å². The van der Waals surface area contributed by atoms with Gasteiger partial charge in [0.05, 0.1) is 11.4 Å². The molecule has 8 aromatic rings. The highest BCUT2D eigenvalue weighted by molar-refractivity contribution is 7.25. The molecule has 43 heavy (non-hydrogen) atoms. The van der Waals surface area contributed by atoms with E-state index in [4.69, 9.17) is 9.97 Å². The zero-order chi connectivity index (χ0) is 28.6. The van der Waals surface area contributed by atoms with Gasteiger partial charge in [-0.25, -0.2) is 9.97 Å². The monoisotopic (exact) mass is 566 g/mol. The van der Waals surface area contributed by atoms with Crippen LogP contribution in [0.3, 0.4) is 0 Å². The molecule has 2 aromatic heterocycles. The van der Waals surface area contributed by atoms with E-state index >= 15 is 0 Å². The summed E-state index contributed by atoms with van der Waals surface area (Å²) in [5, 5.41) is 2.59. The molecule has 6 aromatic carbocycles. The largest absolute Gasteiger partial charge is 0.228 e. The molecule has 8 rings (SSSR count). The Morgan fingerprint density at radius 1 is 0.349 bits per heavy atom. The highest BCUT2D eigenvalue weighted by Gasteiger charge is 2.15. The van der Waals surface area contributed by atoms with Gasteiger partial charge in [0.15, 0.2) is 5.82 Å². The summed E-state index contributed by atoms with van der Waals surface area (Å²) < 4.78 is 2.62. The minimum atomic E-state index is 0.717. The second-order valence-corrected chi connectivity index (χ2v) is 11.7. The molecule has 0 aliphatic heterocycles. The van der Waals surface area contributed by atoms with Crippen molar-refractivity contribution >= 4 is 31.5 Å². The van der Waals surface area contributed by atoms with Crippen molar-refractivity contribution in [2.24, 2.45) is 0 Å². The van der Waals surface area contributed by atoms with Gasteiger partial charge in [-0.05, 0) is 46.5 Å². The molecule has 0 aliphatic rings. The van der Waals surface area contributed by atoms with Gasteiger partial charge in [0, 0.05) is 36.9 Å². The quantitative estimate of drug-likeness (QED) is 0.207. The van der Waals surface area contributed by atoms with Crippen LogP contribution in [0.1, 0.15) is 0 Å². The summed E-state index contributed by atoms with van der Waals surface area (Å²) in [7, 11) is 0. The van der Waals surface area contributed by atoms with Crippen LogP contribution in [0.2, 0.25) is 0 Å². The fraction of sp³-hybridized carbons (Fsp3) is 0. The molecular formula is C40H26N2S. The Morgan fingerprint density at radius 2 is 0.907 bits per heavy atom. The Balaban J connectivity index is 1.28. The first-order valence-electron chi connectivity index (χ1n) is 14.4. The van der Waals surface area contributed by atoms with Crippen LogP contribution in [-0.4, -0.2) is 9.97 Å². The van der Waals surface area contributed by atoms with Gasteiger partial charge in [-0.15, -0.1) is 11.3 Å². The minimum absolute atomic E-state index is 0.717. The molecule has 0 unspecified atom stereocenters. The topological polar surface area (TPSA) is 25.8 Å². The van der Waals surface area contributed by atoms with Crippen molar-refractivity contribution in [3.8, 4) is 56.2 Å². The molecule has 2 nitrogen and oxygen atoms in total. The van der Waals surface area contributed by atoms with Gasteiger partial charge in [0.1, 0.15) is 0 Å². The van der Waals surface area contributed by atoms with Crippen LogP contribution in [0.15, 0.2) is 158 Å². The molecule has 0 spiro atoms. The maximum atomic E-state index is 5.14. The molecule has 0 saturated heterocycles. The highest BCUT2D eigenvalue weighted by atomic mass is 32.1. The van der Waals surface area contributed by atoms with Gasteiger partial charge in [0.2, 0.25) is 0 Å². The molecule has 0 N–H and O–H groups in total. The predicted molar refractivity (Wildman–Crippen MR) is 182 cm³/mol. The third-order valence-corrected chi connectivity index (χ3v) is 9.09. The van der Waals surface area contributed by atoms with Gasteiger partial charge in [-0.3, -0.25) is 0 Å². The molecule has 3 heteroatoms. The number of fused-ring (bicyclic) bond motifs is 3. The first-order chi connectivity index (χ1) is 21.3. The molecule has 2 heterocycles. The van der Waals surface area contributed by atoms with E-state index < -0.39 is 0 Å². The molecule has 0 saturated carbocycles. The van der Waals surface area contributed by atoms with Crippen molar-refractivity contribution in [3.05, 3.63) is 158 Å². The first-order valence-corrected chi connectivity index (χ1v) is 15.2. The fourth-order valence-electron chi connectivity index (χ4n) is 5.77. The van der Waals surface area contributed by atoms with Crippen LogP contribution in [-0.2, 0) is 0 Å². The summed E-state index contributed by atoms with van der Waals surface area (Å²) in [4.78, 5) is 10.2. The normalized spacial score (nSPS) is 11.3. The summed E-state index contributed by atoms with van der Waals surface area (Å²) in [6, 6.07) is 55.5. The van der Waals surface area contributed by atoms with E-state index in [0.29, 0.717) is 5.82 Å². The van der Waals surface area contributed by atoms with Crippen LogP contribution in [0.5, 0.6) is 0 Å². The smallest absolute Gasteiger partial charge is 0.160 e. The maximum absolute atomic E-state index is 5.14. The lowest BCUT2D eigenvalue weighted by atomic mass is 9.95. The average Bonchev–Trinajstić information content (AvgIpc) is 3.47. The standard InChI is InChI=1S/C40H26N2S/c1-3-11-27(12-4-1)28-19-21-29(22-20-28)36-26-37(42-40(41-36)30-13-5-2-6-14-30)33-16-8-7-15-32(33)31-23-24-39-35(25-31)34-17-9-10-18-38(34)43-39/h1-26H. The third-order valence-electron chi connectivity index (χ3n) is 7.94. The molecule has 0 fully saturated rings. The SMILES string of the molecule is c1ccc(-c2ccc(-c3cc(-c4ccccc4-c4ccc5sc6ccccc6c5c4)nc(-c4ccccc4)n3)cc2)cc1. The molecule has 0 atom stereocenters. The molecular weight excluding hydrogens is 541 g/mol. The van der Waals surface area contributed by atoms with Crippen LogP contribution < -0.4 is 0 Å². The summed E-state index contributed by atoms with van der Waals surface area (Å²) in [5.41, 5.74) is 9.67. The van der Waals surface area contributed by atoms with E-state index in [0.717, 1.165) is 33.6 Å². The van der Waals surface area contributed by atoms with Crippen molar-refractivity contribution in [2.45, 2.75) is 0 Å². The van der Waals surface area contributed by atoms with Crippen LogP contribution in [0, 0.1) is 0 Å². The predicted octanol–water partition coefficient (Wildman–Crippen LogP) is 11.2. The summed E-state index contributed by atoms with van der Waals surface area (Å²) in [6.45, 7) is 0. The van der Waals surface area contributed by atoms with Crippen molar-refractivity contribution in [1.29, 1.82) is 0 Å². The minimum Gasteiger partial charge on any atom is -0.228 e. The van der Waals surface area contributed by atoms with Gasteiger partial charge in [-0.1, -0.05) is 133 Å². The van der Waals surface area contributed by atoms with Crippen molar-refractivity contribution in [1.82, 2.24) is 9.97 Å². The second-order valence-electron chi connectivity index (χ2n) is 10.6. The number of rotatable bonds is 5. The Bertz CT molecular complexity index is 2220. The van der Waals surface area contributed by atoms with Crippen molar-refractivity contribution in [2.75, 3.05) is 0 Å². The van der Waals surface area contributed by atoms with Crippen LogP contribution >= 0.6 is 11.3 Å². The fourth-order valence-corrected chi connectivity index (χ4v) is 6.85. The lowest BCUT2D eigenvalue weighted by molar-refractivity contribution is 1.18. The van der Waals surface area contributed by atoms with E-state index in [-0.39, 0.29) is 0 Å². The number of benzene rings is 6. The van der Waals surface area contributed by atoms with Gasteiger partial charge >= 0.3 is 0 Å². The number of nitrogens with zero attached hydrogens (tertiary/aromatic N) is 2. The zero-order valence-corrected chi connectivity index (χ0v) is 24.1. The Hall–Kier alpha value is -5.38. The van der Waals surface area contributed by atoms with Crippen molar-refractivity contribution in [3.63, 3.8) is 0 Å². The van der Waals surface area contributed by atoms with E-state index in [1.165, 1.54) is 36.9 Å². The van der Waals surface area contributed by atoms with E-state index in [9.17, 15) is 0 Å². The zero-order valence-electron chi connectivity index (χ0n) is 23.3. The molecule has 0 amide bonds. The Kier molecular flexibility index (Phi) is 6.36. The van der Waals surface area contributed by atoms with Crippen LogP contribution in [0.4, 0.5) is 0 Å². The second kappa shape index (κ2) is 10.8. The van der Waals surface area contributed by atoms with Gasteiger partial charge in [0.25, 0.3) is 0 Å². The lowest BCUT2D eigenvalue weighted by Gasteiger charge is -2.13. The summed E-state index contributed by atoms with van der Waals surface area (Å²) >= 11 is 1.84. The van der Waals surface area contributed by atoms with E-state index in [1.54, 1.807) is 0 Å². The number of hydrogen-bond donors (Lipinski definition) is 0. The Morgan fingerprint density at radius 3 is 1.70 bits per heavy atom. The number of hydrogen-bond acceptors (Lipinski definition) is 3. The lowest BCUT2D eigenvalue weighted by Crippen LogP contribution is -1.97. The third kappa shape index (κ3) is 4.80. The summed E-state index contributed by atoms with van der Waals surface area (Å²) in [5.74, 6) is 0.717. The number of aromatic nitrogens is 2. The molecule has 202 valence electrons. The van der Waals surface area contributed by atoms with Gasteiger partial charge < -0.3 is 0 Å². The van der Waals surface area contributed by atoms with Crippen LogP contribution in [0.25, 0.3) is 76.3 Å². The van der Waals surface area contributed by atoms with E-state index in [2.05, 4.69) is 133 Å².